The molecule has 1 aromatic heterocycles. The first-order valence-electron chi connectivity index (χ1n) is 6.01. The molecule has 1 heterocycles. The van der Waals surface area contributed by atoms with Crippen molar-refractivity contribution in [3.8, 4) is 0 Å². The third-order valence-electron chi connectivity index (χ3n) is 3.54. The lowest BCUT2D eigenvalue weighted by atomic mass is 9.85. The van der Waals surface area contributed by atoms with Crippen molar-refractivity contribution in [2.45, 2.75) is 5.92 Å². The normalized spacial score (nSPS) is 17.2. The molecule has 0 amide bonds. The number of allylic oxidation sites excluding steroid dienone is 1. The minimum atomic E-state index is 0.197. The van der Waals surface area contributed by atoms with Crippen LogP contribution in [0.15, 0.2) is 59.5 Å². The van der Waals surface area contributed by atoms with Crippen LogP contribution in [0.2, 0.25) is 0 Å². The van der Waals surface area contributed by atoms with Crippen LogP contribution in [0.4, 0.5) is 0 Å². The summed E-state index contributed by atoms with van der Waals surface area (Å²) >= 11 is 0. The van der Waals surface area contributed by atoms with E-state index in [0.29, 0.717) is 0 Å². The van der Waals surface area contributed by atoms with Crippen LogP contribution < -0.4 is 0 Å². The molecular formula is C16H11NO. The number of oxazole rings is 1. The van der Waals surface area contributed by atoms with Crippen LogP contribution in [0.5, 0.6) is 0 Å². The number of benzene rings is 2. The highest BCUT2D eigenvalue weighted by Crippen LogP contribution is 2.37. The van der Waals surface area contributed by atoms with Crippen LogP contribution in [-0.4, -0.2) is 4.98 Å². The summed E-state index contributed by atoms with van der Waals surface area (Å²) in [4.78, 5) is 4.28. The van der Waals surface area contributed by atoms with E-state index in [1.807, 2.05) is 0 Å². The topological polar surface area (TPSA) is 26.0 Å². The lowest BCUT2D eigenvalue weighted by molar-refractivity contribution is 0.556. The molecule has 0 fully saturated rings. The first-order chi connectivity index (χ1) is 8.93. The minimum absolute atomic E-state index is 0.197. The Kier molecular flexibility index (Phi) is 1.92. The van der Waals surface area contributed by atoms with Crippen LogP contribution in [0, 0.1) is 0 Å². The Bertz CT molecular complexity index is 736. The van der Waals surface area contributed by atoms with Gasteiger partial charge in [-0.15, -0.1) is 0 Å². The van der Waals surface area contributed by atoms with Gasteiger partial charge in [-0.1, -0.05) is 48.6 Å². The Morgan fingerprint density at radius 1 is 1.06 bits per heavy atom. The molecular weight excluding hydrogens is 222 g/mol. The number of hydrogen-bond acceptors (Lipinski definition) is 2. The monoisotopic (exact) mass is 233 g/mol. The molecule has 0 bridgehead atoms. The van der Waals surface area contributed by atoms with E-state index in [9.17, 15) is 0 Å². The highest BCUT2D eigenvalue weighted by Gasteiger charge is 2.20. The summed E-state index contributed by atoms with van der Waals surface area (Å²) in [5.41, 5.74) is 3.55. The molecule has 0 spiro atoms. The fourth-order valence-electron chi connectivity index (χ4n) is 2.73. The van der Waals surface area contributed by atoms with Gasteiger partial charge in [-0.25, -0.2) is 4.98 Å². The summed E-state index contributed by atoms with van der Waals surface area (Å²) in [6.45, 7) is 0. The highest BCUT2D eigenvalue weighted by atomic mass is 16.3. The predicted octanol–water partition coefficient (Wildman–Crippen LogP) is 3.99. The summed E-state index contributed by atoms with van der Waals surface area (Å²) in [6.07, 6.45) is 7.58. The van der Waals surface area contributed by atoms with E-state index in [1.165, 1.54) is 28.3 Å². The van der Waals surface area contributed by atoms with E-state index < -0.39 is 0 Å². The van der Waals surface area contributed by atoms with Gasteiger partial charge >= 0.3 is 0 Å². The third kappa shape index (κ3) is 1.26. The van der Waals surface area contributed by atoms with Crippen molar-refractivity contribution < 1.29 is 4.42 Å². The van der Waals surface area contributed by atoms with Gasteiger partial charge in [0.2, 0.25) is 0 Å². The van der Waals surface area contributed by atoms with Crippen molar-refractivity contribution in [3.63, 3.8) is 0 Å². The second kappa shape index (κ2) is 3.57. The fraction of sp³-hybridized carbons (Fsp3) is 0.0625. The minimum Gasteiger partial charge on any atom is -0.451 e. The molecule has 0 saturated carbocycles. The van der Waals surface area contributed by atoms with Gasteiger partial charge in [0.05, 0.1) is 5.69 Å². The second-order valence-electron chi connectivity index (χ2n) is 4.54. The van der Waals surface area contributed by atoms with E-state index in [-0.39, 0.29) is 5.92 Å². The lowest BCUT2D eigenvalue weighted by Gasteiger charge is -2.19. The summed E-state index contributed by atoms with van der Waals surface area (Å²) in [6, 6.07) is 12.8. The first kappa shape index (κ1) is 9.66. The van der Waals surface area contributed by atoms with E-state index in [2.05, 4.69) is 53.5 Å². The maximum absolute atomic E-state index is 5.11. The molecule has 0 saturated heterocycles. The molecule has 1 aliphatic rings. The van der Waals surface area contributed by atoms with E-state index in [4.69, 9.17) is 4.42 Å². The molecule has 1 unspecified atom stereocenters. The zero-order chi connectivity index (χ0) is 11.9. The van der Waals surface area contributed by atoms with Crippen LogP contribution in [0.1, 0.15) is 22.7 Å². The molecule has 0 radical (unpaired) electrons. The smallest absolute Gasteiger partial charge is 0.180 e. The Hall–Kier alpha value is -2.35. The first-order valence-corrected chi connectivity index (χ1v) is 6.01. The molecule has 4 rings (SSSR count). The van der Waals surface area contributed by atoms with Gasteiger partial charge in [0.25, 0.3) is 0 Å². The van der Waals surface area contributed by atoms with E-state index >= 15 is 0 Å². The number of hydrogen-bond donors (Lipinski definition) is 0. The van der Waals surface area contributed by atoms with Crippen molar-refractivity contribution in [2.24, 2.45) is 0 Å². The van der Waals surface area contributed by atoms with E-state index in [1.54, 1.807) is 6.26 Å². The standard InChI is InChI=1S/C16H11NO/c1-3-11-5-2-6-14-13(15-9-18-10-17-15)8-7-12(4-1)16(11)14/h1-10,13H. The van der Waals surface area contributed by atoms with Gasteiger partial charge in [0.15, 0.2) is 6.39 Å². The summed E-state index contributed by atoms with van der Waals surface area (Å²) < 4.78 is 5.11. The second-order valence-corrected chi connectivity index (χ2v) is 4.54. The lowest BCUT2D eigenvalue weighted by Crippen LogP contribution is -2.03. The maximum Gasteiger partial charge on any atom is 0.180 e. The molecule has 3 aromatic rings. The SMILES string of the molecule is C1=CC(c2cocn2)c2cccc3cccc1c23. The van der Waals surface area contributed by atoms with Gasteiger partial charge in [-0.2, -0.15) is 0 Å². The zero-order valence-corrected chi connectivity index (χ0v) is 9.71. The van der Waals surface area contributed by atoms with E-state index in [0.717, 1.165) is 5.69 Å². The van der Waals surface area contributed by atoms with Gasteiger partial charge in [-0.05, 0) is 21.9 Å². The summed E-state index contributed by atoms with van der Waals surface area (Å²) in [7, 11) is 0. The zero-order valence-electron chi connectivity index (χ0n) is 9.71. The molecule has 2 nitrogen and oxygen atoms in total. The molecule has 0 N–H and O–H groups in total. The largest absolute Gasteiger partial charge is 0.451 e. The van der Waals surface area contributed by atoms with Crippen LogP contribution in [-0.2, 0) is 0 Å². The van der Waals surface area contributed by atoms with Crippen molar-refractivity contribution in [2.75, 3.05) is 0 Å². The predicted molar refractivity (Wildman–Crippen MR) is 71.3 cm³/mol. The van der Waals surface area contributed by atoms with Gasteiger partial charge in [0.1, 0.15) is 6.26 Å². The number of aromatic nitrogens is 1. The van der Waals surface area contributed by atoms with Gasteiger partial charge in [0, 0.05) is 5.92 Å². The van der Waals surface area contributed by atoms with Crippen molar-refractivity contribution in [3.05, 3.63) is 72.0 Å². The van der Waals surface area contributed by atoms with Crippen molar-refractivity contribution in [1.29, 1.82) is 0 Å². The fourth-order valence-corrected chi connectivity index (χ4v) is 2.73. The van der Waals surface area contributed by atoms with Gasteiger partial charge < -0.3 is 4.42 Å². The molecule has 86 valence electrons. The Morgan fingerprint density at radius 2 is 1.94 bits per heavy atom. The summed E-state index contributed by atoms with van der Waals surface area (Å²) in [5, 5.41) is 2.61. The van der Waals surface area contributed by atoms with Gasteiger partial charge in [-0.3, -0.25) is 0 Å². The Balaban J connectivity index is 2.04. The molecule has 2 heteroatoms. The van der Waals surface area contributed by atoms with Crippen LogP contribution >= 0.6 is 0 Å². The molecule has 0 aliphatic heterocycles. The quantitative estimate of drug-likeness (QED) is 0.635. The molecule has 18 heavy (non-hydrogen) atoms. The average Bonchev–Trinajstić information content (AvgIpc) is 2.94. The maximum atomic E-state index is 5.11. The van der Waals surface area contributed by atoms with Crippen molar-refractivity contribution >= 4 is 16.8 Å². The average molecular weight is 233 g/mol. The number of nitrogens with zero attached hydrogens (tertiary/aromatic N) is 1. The molecule has 2 aromatic carbocycles. The number of rotatable bonds is 1. The van der Waals surface area contributed by atoms with Crippen LogP contribution in [0.25, 0.3) is 16.8 Å². The molecule has 1 atom stereocenters. The summed E-state index contributed by atoms with van der Waals surface area (Å²) in [5.74, 6) is 0.197. The molecule has 1 aliphatic carbocycles. The van der Waals surface area contributed by atoms with Crippen molar-refractivity contribution in [1.82, 2.24) is 4.98 Å². The Labute approximate surface area is 105 Å². The third-order valence-corrected chi connectivity index (χ3v) is 3.54. The highest BCUT2D eigenvalue weighted by molar-refractivity contribution is 5.96. The Morgan fingerprint density at radius 3 is 2.78 bits per heavy atom. The van der Waals surface area contributed by atoms with Crippen LogP contribution in [0.3, 0.4) is 0 Å².